The molecule has 0 radical (unpaired) electrons. The molecule has 0 aliphatic carbocycles. The predicted octanol–water partition coefficient (Wildman–Crippen LogP) is 5.05. The number of nitrogens with zero attached hydrogens (tertiary/aromatic N) is 5. The molecule has 3 rings (SSSR count). The van der Waals surface area contributed by atoms with Crippen molar-refractivity contribution >= 4 is 62.3 Å². The van der Waals surface area contributed by atoms with E-state index in [1.165, 1.54) is 0 Å². The minimum absolute atomic E-state index is 0.478. The van der Waals surface area contributed by atoms with Gasteiger partial charge in [0.05, 0.1) is 29.5 Å². The summed E-state index contributed by atoms with van der Waals surface area (Å²) in [7, 11) is 1.93. The van der Waals surface area contributed by atoms with Crippen LogP contribution < -0.4 is 5.32 Å². The Hall–Kier alpha value is -1.61. The van der Waals surface area contributed by atoms with Crippen molar-refractivity contribution in [1.29, 1.82) is 0 Å². The molecule has 0 aliphatic heterocycles. The van der Waals surface area contributed by atoms with Crippen molar-refractivity contribution in [2.24, 2.45) is 0 Å². The van der Waals surface area contributed by atoms with Crippen molar-refractivity contribution in [3.8, 4) is 0 Å². The van der Waals surface area contributed by atoms with Gasteiger partial charge in [0, 0.05) is 41.5 Å². The van der Waals surface area contributed by atoms with Gasteiger partial charge in [-0.3, -0.25) is 9.36 Å². The summed E-state index contributed by atoms with van der Waals surface area (Å²) in [5.74, 6) is 0.656. The number of anilines is 1. The molecule has 0 atom stereocenters. The molecule has 0 amide bonds. The minimum atomic E-state index is 0.478. The van der Waals surface area contributed by atoms with Crippen LogP contribution in [0.5, 0.6) is 0 Å². The Morgan fingerprint density at radius 1 is 1.29 bits per heavy atom. The Morgan fingerprint density at radius 2 is 2.00 bits per heavy atom. The number of rotatable bonds is 6. The van der Waals surface area contributed by atoms with Gasteiger partial charge in [-0.05, 0) is 47.2 Å². The molecule has 6 nitrogen and oxygen atoms in total. The number of thiocarbonyl (C=S) groups is 1. The molecular weight excluding hydrogens is 483 g/mol. The third-order valence-electron chi connectivity index (χ3n) is 4.19. The van der Waals surface area contributed by atoms with Gasteiger partial charge in [-0.1, -0.05) is 29.3 Å². The topological polar surface area (TPSA) is 50.9 Å². The fraction of sp³-hybridized carbons (Fsp3) is 0.278. The Balaban J connectivity index is 1.64. The van der Waals surface area contributed by atoms with E-state index in [0.29, 0.717) is 34.1 Å². The van der Waals surface area contributed by atoms with Crippen LogP contribution in [0.4, 0.5) is 5.82 Å². The van der Waals surface area contributed by atoms with Crippen LogP contribution in [0.15, 0.2) is 41.1 Å². The molecule has 3 aromatic rings. The molecule has 0 spiro atoms. The van der Waals surface area contributed by atoms with Crippen LogP contribution in [0.3, 0.4) is 0 Å². The summed E-state index contributed by atoms with van der Waals surface area (Å²) in [6, 6.07) is 7.31. The monoisotopic (exact) mass is 500 g/mol. The van der Waals surface area contributed by atoms with Crippen molar-refractivity contribution in [3.05, 3.63) is 62.4 Å². The number of aryl methyl sites for hydroxylation is 1. The maximum absolute atomic E-state index is 6.24. The summed E-state index contributed by atoms with van der Waals surface area (Å²) in [4.78, 5) is 1.94. The van der Waals surface area contributed by atoms with Crippen molar-refractivity contribution in [1.82, 2.24) is 24.5 Å². The second-order valence-electron chi connectivity index (χ2n) is 6.14. The predicted molar refractivity (Wildman–Crippen MR) is 121 cm³/mol. The van der Waals surface area contributed by atoms with Crippen LogP contribution in [-0.4, -0.2) is 36.6 Å². The van der Waals surface area contributed by atoms with E-state index in [9.17, 15) is 0 Å². The van der Waals surface area contributed by atoms with Gasteiger partial charge in [0.15, 0.2) is 10.9 Å². The highest BCUT2D eigenvalue weighted by molar-refractivity contribution is 9.10. The molecule has 148 valence electrons. The number of benzene rings is 1. The van der Waals surface area contributed by atoms with Gasteiger partial charge < -0.3 is 10.2 Å². The first-order valence-electron chi connectivity index (χ1n) is 8.57. The van der Waals surface area contributed by atoms with Crippen LogP contribution in [-0.2, 0) is 19.6 Å². The third kappa shape index (κ3) is 4.86. The van der Waals surface area contributed by atoms with Gasteiger partial charge in [-0.2, -0.15) is 10.2 Å². The highest BCUT2D eigenvalue weighted by atomic mass is 79.9. The summed E-state index contributed by atoms with van der Waals surface area (Å²) in [5.41, 5.74) is 1.89. The van der Waals surface area contributed by atoms with Crippen molar-refractivity contribution in [2.45, 2.75) is 26.6 Å². The lowest BCUT2D eigenvalue weighted by atomic mass is 10.2. The molecule has 1 aromatic carbocycles. The SMILES string of the molecule is CCn1ncc(Br)c1CN(C)C(=S)Nc1ccn(Cc2c(Cl)cccc2Cl)n1. The summed E-state index contributed by atoms with van der Waals surface area (Å²) in [6.07, 6.45) is 3.65. The average Bonchev–Trinajstić information content (AvgIpc) is 3.25. The van der Waals surface area contributed by atoms with Gasteiger partial charge in [0.1, 0.15) is 0 Å². The van der Waals surface area contributed by atoms with E-state index in [0.717, 1.165) is 22.3 Å². The Morgan fingerprint density at radius 3 is 2.68 bits per heavy atom. The molecule has 0 aliphatic rings. The fourth-order valence-electron chi connectivity index (χ4n) is 2.68. The van der Waals surface area contributed by atoms with E-state index in [-0.39, 0.29) is 0 Å². The van der Waals surface area contributed by atoms with Crippen molar-refractivity contribution < 1.29 is 0 Å². The third-order valence-corrected chi connectivity index (χ3v) is 5.97. The largest absolute Gasteiger partial charge is 0.346 e. The number of hydrogen-bond acceptors (Lipinski definition) is 3. The normalized spacial score (nSPS) is 10.9. The lowest BCUT2D eigenvalue weighted by Crippen LogP contribution is -2.31. The van der Waals surface area contributed by atoms with E-state index < -0.39 is 0 Å². The molecule has 0 bridgehead atoms. The average molecular weight is 502 g/mol. The van der Waals surface area contributed by atoms with Crippen LogP contribution in [0, 0.1) is 0 Å². The van der Waals surface area contributed by atoms with Gasteiger partial charge in [0.25, 0.3) is 0 Å². The molecule has 0 unspecified atom stereocenters. The lowest BCUT2D eigenvalue weighted by Gasteiger charge is -2.21. The maximum Gasteiger partial charge on any atom is 0.174 e. The number of aromatic nitrogens is 4. The van der Waals surface area contributed by atoms with Crippen LogP contribution in [0.1, 0.15) is 18.2 Å². The van der Waals surface area contributed by atoms with Crippen LogP contribution in [0.2, 0.25) is 10.0 Å². The maximum atomic E-state index is 6.24. The zero-order chi connectivity index (χ0) is 20.3. The quantitative estimate of drug-likeness (QED) is 0.479. The first kappa shape index (κ1) is 21.1. The zero-order valence-corrected chi connectivity index (χ0v) is 19.3. The summed E-state index contributed by atoms with van der Waals surface area (Å²) in [6.45, 7) is 3.95. The van der Waals surface area contributed by atoms with Crippen LogP contribution >= 0.6 is 51.3 Å². The molecule has 0 saturated carbocycles. The molecular formula is C18H19BrCl2N6S. The molecule has 2 heterocycles. The Bertz CT molecular complexity index is 966. The first-order valence-corrected chi connectivity index (χ1v) is 10.5. The van der Waals surface area contributed by atoms with E-state index in [4.69, 9.17) is 35.4 Å². The molecule has 28 heavy (non-hydrogen) atoms. The summed E-state index contributed by atoms with van der Waals surface area (Å²) < 4.78 is 4.66. The van der Waals surface area contributed by atoms with Gasteiger partial charge in [-0.15, -0.1) is 0 Å². The van der Waals surface area contributed by atoms with Crippen LogP contribution in [0.25, 0.3) is 0 Å². The molecule has 2 aromatic heterocycles. The number of hydrogen-bond donors (Lipinski definition) is 1. The van der Waals surface area contributed by atoms with Gasteiger partial charge in [-0.25, -0.2) is 0 Å². The highest BCUT2D eigenvalue weighted by Crippen LogP contribution is 2.25. The van der Waals surface area contributed by atoms with Crippen molar-refractivity contribution in [3.63, 3.8) is 0 Å². The zero-order valence-electron chi connectivity index (χ0n) is 15.4. The van der Waals surface area contributed by atoms with E-state index in [1.807, 2.05) is 47.1 Å². The number of halogens is 3. The summed E-state index contributed by atoms with van der Waals surface area (Å²) >= 11 is 21.5. The number of nitrogens with one attached hydrogen (secondary N) is 1. The smallest absolute Gasteiger partial charge is 0.174 e. The highest BCUT2D eigenvalue weighted by Gasteiger charge is 2.14. The lowest BCUT2D eigenvalue weighted by molar-refractivity contribution is 0.470. The van der Waals surface area contributed by atoms with Crippen molar-refractivity contribution in [2.75, 3.05) is 12.4 Å². The summed E-state index contributed by atoms with van der Waals surface area (Å²) in [5, 5.41) is 13.8. The van der Waals surface area contributed by atoms with E-state index in [1.54, 1.807) is 10.9 Å². The second kappa shape index (κ2) is 9.26. The van der Waals surface area contributed by atoms with E-state index in [2.05, 4.69) is 38.4 Å². The molecule has 0 saturated heterocycles. The minimum Gasteiger partial charge on any atom is -0.346 e. The Kier molecular flexibility index (Phi) is 6.98. The first-order chi connectivity index (χ1) is 13.4. The Labute approximate surface area is 187 Å². The molecule has 0 fully saturated rings. The standard InChI is InChI=1S/C18H19BrCl2N6S/c1-3-27-16(13(19)9-22-27)11-25(2)18(28)23-17-7-8-26(24-17)10-12-14(20)5-4-6-15(12)21/h4-9H,3,10-11H2,1-2H3,(H,23,24,28). The second-order valence-corrected chi connectivity index (χ2v) is 8.20. The fourth-order valence-corrected chi connectivity index (χ4v) is 3.79. The molecule has 1 N–H and O–H groups in total. The van der Waals surface area contributed by atoms with E-state index >= 15 is 0 Å². The van der Waals surface area contributed by atoms with Gasteiger partial charge in [0.2, 0.25) is 0 Å². The molecule has 10 heteroatoms. The van der Waals surface area contributed by atoms with Gasteiger partial charge >= 0.3 is 0 Å².